The number of hydrogen-bond donors (Lipinski definition) is 0. The van der Waals surface area contributed by atoms with E-state index in [1.165, 1.54) is 17.0 Å². The van der Waals surface area contributed by atoms with Gasteiger partial charge in [0.2, 0.25) is 11.8 Å². The summed E-state index contributed by atoms with van der Waals surface area (Å²) in [6, 6.07) is 14.4. The Morgan fingerprint density at radius 1 is 0.973 bits per heavy atom. The highest BCUT2D eigenvalue weighted by Gasteiger charge is 2.68. The van der Waals surface area contributed by atoms with Crippen molar-refractivity contribution in [3.63, 3.8) is 0 Å². The average Bonchev–Trinajstić information content (AvgIpc) is 3.66. The molecule has 3 fully saturated rings. The number of aryl methyl sites for hydroxylation is 1. The van der Waals surface area contributed by atoms with Crippen LogP contribution in [-0.2, 0) is 20.8 Å². The Hall–Kier alpha value is -4.00. The normalized spacial score (nSPS) is 29.8. The Labute approximate surface area is 212 Å². The number of carbonyl (C=O) groups is 3. The Bertz CT molecular complexity index is 1520. The number of hydrogen-bond acceptors (Lipinski definition) is 6. The molecule has 4 aliphatic carbocycles. The molecule has 3 aromatic rings. The number of amides is 2. The number of carbonyl (C=O) groups excluding carboxylic acids is 3. The Morgan fingerprint density at radius 2 is 1.65 bits per heavy atom. The van der Waals surface area contributed by atoms with Gasteiger partial charge in [0, 0.05) is 23.9 Å². The Kier molecular flexibility index (Phi) is 4.80. The van der Waals surface area contributed by atoms with Crippen molar-refractivity contribution in [2.24, 2.45) is 35.5 Å². The van der Waals surface area contributed by atoms with E-state index in [0.29, 0.717) is 17.4 Å². The molecule has 0 spiro atoms. The molecule has 186 valence electrons. The average molecular weight is 496 g/mol. The number of benzene rings is 2. The van der Waals surface area contributed by atoms with Crippen molar-refractivity contribution in [3.05, 3.63) is 88.3 Å². The first-order chi connectivity index (χ1) is 17.9. The van der Waals surface area contributed by atoms with E-state index in [9.17, 15) is 19.2 Å². The van der Waals surface area contributed by atoms with Crippen LogP contribution in [0.2, 0.25) is 0 Å². The zero-order valence-electron chi connectivity index (χ0n) is 20.2. The van der Waals surface area contributed by atoms with Gasteiger partial charge in [-0.1, -0.05) is 42.5 Å². The third-order valence-corrected chi connectivity index (χ3v) is 8.69. The molecule has 1 saturated heterocycles. The van der Waals surface area contributed by atoms with Gasteiger partial charge in [-0.25, -0.2) is 9.59 Å². The van der Waals surface area contributed by atoms with E-state index >= 15 is 0 Å². The molecule has 7 nitrogen and oxygen atoms in total. The first-order valence-electron chi connectivity index (χ1n) is 12.8. The minimum absolute atomic E-state index is 0.0703. The van der Waals surface area contributed by atoms with E-state index in [-0.39, 0.29) is 35.8 Å². The van der Waals surface area contributed by atoms with Gasteiger partial charge in [0.1, 0.15) is 17.4 Å². The second-order valence-electron chi connectivity index (χ2n) is 10.7. The smallest absolute Gasteiger partial charge is 0.336 e. The van der Waals surface area contributed by atoms with E-state index < -0.39 is 29.5 Å². The number of likely N-dealkylation sites (tertiary alicyclic amines) is 1. The fourth-order valence-corrected chi connectivity index (χ4v) is 6.97. The van der Waals surface area contributed by atoms with Crippen LogP contribution in [0.1, 0.15) is 17.5 Å². The maximum atomic E-state index is 13.8. The van der Waals surface area contributed by atoms with Gasteiger partial charge in [0.05, 0.1) is 11.8 Å². The van der Waals surface area contributed by atoms with Crippen LogP contribution < -0.4 is 10.4 Å². The van der Waals surface area contributed by atoms with Gasteiger partial charge in [-0.05, 0) is 60.3 Å². The van der Waals surface area contributed by atoms with Crippen LogP contribution in [0.4, 0.5) is 0 Å². The summed E-state index contributed by atoms with van der Waals surface area (Å²) in [4.78, 5) is 54.2. The first kappa shape index (κ1) is 22.2. The first-order valence-corrected chi connectivity index (χ1v) is 12.8. The second-order valence-corrected chi connectivity index (χ2v) is 10.7. The van der Waals surface area contributed by atoms with Gasteiger partial charge in [0.15, 0.2) is 0 Å². The summed E-state index contributed by atoms with van der Waals surface area (Å²) in [7, 11) is 0. The molecule has 2 aromatic carbocycles. The Balaban J connectivity index is 1.24. The zero-order chi connectivity index (χ0) is 25.4. The number of nitrogens with zero attached hydrogens (tertiary/aromatic N) is 1. The van der Waals surface area contributed by atoms with Crippen molar-refractivity contribution in [1.29, 1.82) is 0 Å². The summed E-state index contributed by atoms with van der Waals surface area (Å²) >= 11 is 0. The molecule has 0 radical (unpaired) electrons. The summed E-state index contributed by atoms with van der Waals surface area (Å²) < 4.78 is 11.1. The lowest BCUT2D eigenvalue weighted by atomic mass is 9.63. The number of imide groups is 1. The number of fused-ring (bicyclic) bond motifs is 1. The molecule has 0 unspecified atom stereocenters. The van der Waals surface area contributed by atoms with Gasteiger partial charge in [-0.2, -0.15) is 0 Å². The molecule has 2 bridgehead atoms. The Morgan fingerprint density at radius 3 is 2.32 bits per heavy atom. The highest BCUT2D eigenvalue weighted by Crippen LogP contribution is 2.65. The maximum absolute atomic E-state index is 13.8. The van der Waals surface area contributed by atoms with E-state index in [0.717, 1.165) is 22.9 Å². The van der Waals surface area contributed by atoms with Crippen molar-refractivity contribution in [1.82, 2.24) is 4.90 Å². The molecule has 0 N–H and O–H groups in total. The van der Waals surface area contributed by atoms with Gasteiger partial charge in [-0.3, -0.25) is 14.5 Å². The lowest BCUT2D eigenvalue weighted by Crippen LogP contribution is -2.48. The van der Waals surface area contributed by atoms with Crippen LogP contribution in [0.15, 0.2) is 76.0 Å². The van der Waals surface area contributed by atoms with Gasteiger partial charge >= 0.3 is 11.6 Å². The zero-order valence-corrected chi connectivity index (χ0v) is 20.2. The lowest BCUT2D eigenvalue weighted by Gasteiger charge is -2.37. The third-order valence-electron chi connectivity index (χ3n) is 8.69. The highest BCUT2D eigenvalue weighted by atomic mass is 16.5. The second kappa shape index (κ2) is 8.00. The number of ether oxygens (including phenoxy) is 1. The number of esters is 1. The molecule has 7 heteroatoms. The summed E-state index contributed by atoms with van der Waals surface area (Å²) in [6.07, 6.45) is 5.46. The molecule has 2 saturated carbocycles. The van der Waals surface area contributed by atoms with E-state index in [1.54, 1.807) is 12.1 Å². The molecule has 5 aliphatic rings. The molecule has 2 heterocycles. The van der Waals surface area contributed by atoms with Crippen molar-refractivity contribution in [2.45, 2.75) is 25.8 Å². The van der Waals surface area contributed by atoms with E-state index in [4.69, 9.17) is 9.15 Å². The lowest BCUT2D eigenvalue weighted by molar-refractivity contribution is -0.153. The predicted octanol–water partition coefficient (Wildman–Crippen LogP) is 3.67. The van der Waals surface area contributed by atoms with Gasteiger partial charge in [0.25, 0.3) is 0 Å². The quantitative estimate of drug-likeness (QED) is 0.176. The molecule has 1 aromatic heterocycles. The van der Waals surface area contributed by atoms with Crippen LogP contribution >= 0.6 is 0 Å². The van der Waals surface area contributed by atoms with Gasteiger partial charge in [-0.15, -0.1) is 0 Å². The predicted molar refractivity (Wildman–Crippen MR) is 133 cm³/mol. The molecule has 2 amide bonds. The summed E-state index contributed by atoms with van der Waals surface area (Å²) in [5, 5.41) is 0.732. The molecule has 1 aliphatic heterocycles. The molecular formula is C30H25NO6. The van der Waals surface area contributed by atoms with Crippen molar-refractivity contribution < 1.29 is 23.5 Å². The number of rotatable bonds is 5. The van der Waals surface area contributed by atoms with Crippen molar-refractivity contribution >= 4 is 28.8 Å². The topological polar surface area (TPSA) is 93.9 Å². The number of allylic oxidation sites excluding steroid dienone is 2. The fraction of sp³-hybridized carbons (Fsp3) is 0.333. The summed E-state index contributed by atoms with van der Waals surface area (Å²) in [5.41, 5.74) is 1.39. The van der Waals surface area contributed by atoms with Crippen LogP contribution in [0.5, 0.6) is 5.75 Å². The van der Waals surface area contributed by atoms with Crippen LogP contribution in [0.25, 0.3) is 11.0 Å². The molecule has 37 heavy (non-hydrogen) atoms. The van der Waals surface area contributed by atoms with Crippen LogP contribution in [-0.4, -0.2) is 28.7 Å². The van der Waals surface area contributed by atoms with Gasteiger partial charge < -0.3 is 9.15 Å². The van der Waals surface area contributed by atoms with Crippen LogP contribution in [0, 0.1) is 42.4 Å². The fourth-order valence-electron chi connectivity index (χ4n) is 6.97. The van der Waals surface area contributed by atoms with E-state index in [1.807, 2.05) is 37.3 Å². The molecule has 7 atom stereocenters. The minimum atomic E-state index is -1.09. The van der Waals surface area contributed by atoms with Crippen molar-refractivity contribution in [2.75, 3.05) is 0 Å². The monoisotopic (exact) mass is 495 g/mol. The van der Waals surface area contributed by atoms with Crippen molar-refractivity contribution in [3.8, 4) is 5.75 Å². The largest absolute Gasteiger partial charge is 0.425 e. The van der Waals surface area contributed by atoms with Crippen LogP contribution in [0.3, 0.4) is 0 Å². The summed E-state index contributed by atoms with van der Waals surface area (Å²) in [6.45, 7) is 1.83. The highest BCUT2D eigenvalue weighted by molar-refractivity contribution is 6.09. The molecular weight excluding hydrogens is 470 g/mol. The SMILES string of the molecule is Cc1cc(OC(=O)[C@@H](Cc2ccccc2)N2C(=O)[C@@H]3[C@@H]4C=C[C@H]([C@H]5C[C@H]45)[C@@H]3C2=O)cc2oc(=O)ccc12. The maximum Gasteiger partial charge on any atom is 0.336 e. The standard InChI is InChI=1S/C30H25NO6/c1-15-11-17(13-24-18(15)9-10-25(32)37-24)36-30(35)23(12-16-5-3-2-4-6-16)31-28(33)26-19-7-8-20(22-14-21(19)22)27(26)29(31)34/h2-11,13,19-23,26-27H,12,14H2,1H3/t19-,20-,21-,22-,23-,26-,27+/m1/s1. The molecule has 8 rings (SSSR count). The summed E-state index contributed by atoms with van der Waals surface area (Å²) in [5.74, 6) is -0.721. The van der Waals surface area contributed by atoms with E-state index in [2.05, 4.69) is 12.2 Å². The third kappa shape index (κ3) is 3.40. The minimum Gasteiger partial charge on any atom is -0.425 e.